The summed E-state index contributed by atoms with van der Waals surface area (Å²) in [7, 11) is 1.90. The topological polar surface area (TPSA) is 70.7 Å². The highest BCUT2D eigenvalue weighted by Gasteiger charge is 2.22. The smallest absolute Gasteiger partial charge is 0.191 e. The molecule has 1 saturated heterocycles. The van der Waals surface area contributed by atoms with Gasteiger partial charge in [-0.2, -0.15) is 5.10 Å². The molecule has 130 valence electrons. The zero-order valence-corrected chi connectivity index (χ0v) is 14.9. The Morgan fingerprint density at radius 1 is 1.32 bits per heavy atom. The molecule has 8 heteroatoms. The minimum absolute atomic E-state index is 0.223. The maximum absolute atomic E-state index is 5.82. The highest BCUT2D eigenvalue weighted by molar-refractivity contribution is 7.98. The van der Waals surface area contributed by atoms with Crippen molar-refractivity contribution in [3.05, 3.63) is 42.5 Å². The van der Waals surface area contributed by atoms with Crippen LogP contribution in [0.25, 0.3) is 11.4 Å². The summed E-state index contributed by atoms with van der Waals surface area (Å²) < 4.78 is 9.75. The van der Waals surface area contributed by atoms with Crippen LogP contribution in [0.5, 0.6) is 0 Å². The van der Waals surface area contributed by atoms with E-state index in [-0.39, 0.29) is 6.10 Å². The molecule has 7 nitrogen and oxygen atoms in total. The zero-order valence-electron chi connectivity index (χ0n) is 14.1. The number of hydrogen-bond donors (Lipinski definition) is 0. The van der Waals surface area contributed by atoms with Crippen molar-refractivity contribution in [2.24, 2.45) is 7.05 Å². The van der Waals surface area contributed by atoms with Crippen LogP contribution < -0.4 is 0 Å². The molecule has 3 aromatic heterocycles. The highest BCUT2D eigenvalue weighted by atomic mass is 32.2. The van der Waals surface area contributed by atoms with Crippen LogP contribution in [0.4, 0.5) is 0 Å². The molecule has 0 radical (unpaired) electrons. The van der Waals surface area contributed by atoms with E-state index in [1.807, 2.05) is 43.8 Å². The van der Waals surface area contributed by atoms with Gasteiger partial charge < -0.3 is 4.74 Å². The Hall–Kier alpha value is -2.19. The number of aromatic nitrogens is 6. The highest BCUT2D eigenvalue weighted by Crippen LogP contribution is 2.27. The fourth-order valence-corrected chi connectivity index (χ4v) is 3.79. The van der Waals surface area contributed by atoms with Gasteiger partial charge >= 0.3 is 0 Å². The lowest BCUT2D eigenvalue weighted by molar-refractivity contribution is 0.0953. The first kappa shape index (κ1) is 16.3. The molecular weight excluding hydrogens is 336 g/mol. The monoisotopic (exact) mass is 356 g/mol. The second kappa shape index (κ2) is 7.37. The van der Waals surface area contributed by atoms with E-state index in [1.54, 1.807) is 16.4 Å². The molecule has 1 fully saturated rings. The summed E-state index contributed by atoms with van der Waals surface area (Å²) in [6, 6.07) is 5.95. The molecule has 0 aliphatic carbocycles. The van der Waals surface area contributed by atoms with E-state index in [0.29, 0.717) is 0 Å². The molecule has 3 aromatic rings. The maximum atomic E-state index is 5.82. The molecule has 4 rings (SSSR count). The Bertz CT molecular complexity index is 825. The van der Waals surface area contributed by atoms with Crippen molar-refractivity contribution in [3.63, 3.8) is 0 Å². The molecule has 0 N–H and O–H groups in total. The third-order valence-corrected chi connectivity index (χ3v) is 5.17. The minimum atomic E-state index is 0.223. The second-order valence-electron chi connectivity index (χ2n) is 6.06. The van der Waals surface area contributed by atoms with Gasteiger partial charge in [-0.3, -0.25) is 14.2 Å². The van der Waals surface area contributed by atoms with Crippen molar-refractivity contribution in [1.82, 2.24) is 29.5 Å². The molecule has 0 saturated carbocycles. The minimum Gasteiger partial charge on any atom is -0.376 e. The van der Waals surface area contributed by atoms with Crippen molar-refractivity contribution < 1.29 is 4.74 Å². The third kappa shape index (κ3) is 3.74. The van der Waals surface area contributed by atoms with Gasteiger partial charge in [-0.1, -0.05) is 17.8 Å². The van der Waals surface area contributed by atoms with Crippen LogP contribution in [-0.2, 0) is 24.1 Å². The van der Waals surface area contributed by atoms with E-state index in [2.05, 4.69) is 24.8 Å². The van der Waals surface area contributed by atoms with E-state index >= 15 is 0 Å². The SMILES string of the molecule is Cn1cc(-c2nnc(SCc3ccccn3)n2CC2CCCO2)cn1. The molecule has 25 heavy (non-hydrogen) atoms. The number of ether oxygens (including phenoxy) is 1. The first-order valence-corrected chi connectivity index (χ1v) is 9.34. The lowest BCUT2D eigenvalue weighted by atomic mass is 10.2. The fourth-order valence-electron chi connectivity index (χ4n) is 2.92. The quantitative estimate of drug-likeness (QED) is 0.632. The summed E-state index contributed by atoms with van der Waals surface area (Å²) in [4.78, 5) is 4.38. The Kier molecular flexibility index (Phi) is 4.80. The van der Waals surface area contributed by atoms with Crippen LogP contribution in [0, 0.1) is 0 Å². The second-order valence-corrected chi connectivity index (χ2v) is 7.01. The van der Waals surface area contributed by atoms with Crippen LogP contribution in [0.2, 0.25) is 0 Å². The van der Waals surface area contributed by atoms with Crippen molar-refractivity contribution in [2.75, 3.05) is 6.61 Å². The van der Waals surface area contributed by atoms with Gasteiger partial charge in [0.25, 0.3) is 0 Å². The number of hydrogen-bond acceptors (Lipinski definition) is 6. The molecule has 0 spiro atoms. The first-order chi connectivity index (χ1) is 12.3. The van der Waals surface area contributed by atoms with Gasteiger partial charge in [0, 0.05) is 31.8 Å². The Morgan fingerprint density at radius 3 is 3.00 bits per heavy atom. The standard InChI is InChI=1S/C17H20N6OS/c1-22-10-13(9-19-22)16-20-21-17(23(16)11-15-6-4-8-24-15)25-12-14-5-2-3-7-18-14/h2-3,5,7,9-10,15H,4,6,8,11-12H2,1H3. The molecule has 4 heterocycles. The molecule has 0 aromatic carbocycles. The average molecular weight is 356 g/mol. The van der Waals surface area contributed by atoms with Gasteiger partial charge in [0.2, 0.25) is 0 Å². The zero-order chi connectivity index (χ0) is 17.1. The Balaban J connectivity index is 1.59. The van der Waals surface area contributed by atoms with Gasteiger partial charge in [-0.05, 0) is 25.0 Å². The molecule has 1 unspecified atom stereocenters. The number of aryl methyl sites for hydroxylation is 1. The van der Waals surface area contributed by atoms with Gasteiger partial charge in [0.05, 0.1) is 30.1 Å². The molecular formula is C17H20N6OS. The lowest BCUT2D eigenvalue weighted by Gasteiger charge is -2.14. The Labute approximate surface area is 150 Å². The van der Waals surface area contributed by atoms with Crippen LogP contribution in [0.1, 0.15) is 18.5 Å². The molecule has 0 amide bonds. The summed E-state index contributed by atoms with van der Waals surface area (Å²) in [6.45, 7) is 1.60. The van der Waals surface area contributed by atoms with Crippen LogP contribution in [-0.4, -0.2) is 42.2 Å². The average Bonchev–Trinajstić information content (AvgIpc) is 3.36. The van der Waals surface area contributed by atoms with Crippen molar-refractivity contribution in [3.8, 4) is 11.4 Å². The number of thioether (sulfide) groups is 1. The predicted octanol–water partition coefficient (Wildman–Crippen LogP) is 2.54. The van der Waals surface area contributed by atoms with Crippen LogP contribution in [0.15, 0.2) is 41.9 Å². The van der Waals surface area contributed by atoms with Crippen molar-refractivity contribution in [2.45, 2.75) is 36.4 Å². The molecule has 1 aliphatic heterocycles. The van der Waals surface area contributed by atoms with Crippen molar-refractivity contribution in [1.29, 1.82) is 0 Å². The van der Waals surface area contributed by atoms with Gasteiger partial charge in [-0.25, -0.2) is 0 Å². The Morgan fingerprint density at radius 2 is 2.28 bits per heavy atom. The summed E-state index contributed by atoms with van der Waals surface area (Å²) in [6.07, 6.45) is 8.02. The molecule has 0 bridgehead atoms. The largest absolute Gasteiger partial charge is 0.376 e. The summed E-state index contributed by atoms with van der Waals surface area (Å²) >= 11 is 1.65. The van der Waals surface area contributed by atoms with Crippen molar-refractivity contribution >= 4 is 11.8 Å². The third-order valence-electron chi connectivity index (χ3n) is 4.17. The van der Waals surface area contributed by atoms with E-state index < -0.39 is 0 Å². The van der Waals surface area contributed by atoms with Gasteiger partial charge in [0.1, 0.15) is 0 Å². The summed E-state index contributed by atoms with van der Waals surface area (Å²) in [5.74, 6) is 1.60. The molecule has 1 aliphatic rings. The summed E-state index contributed by atoms with van der Waals surface area (Å²) in [5, 5.41) is 14.0. The predicted molar refractivity (Wildman–Crippen MR) is 95.0 cm³/mol. The van der Waals surface area contributed by atoms with E-state index in [0.717, 1.165) is 54.0 Å². The van der Waals surface area contributed by atoms with Gasteiger partial charge in [0.15, 0.2) is 11.0 Å². The number of pyridine rings is 1. The van der Waals surface area contributed by atoms with Crippen LogP contribution >= 0.6 is 11.8 Å². The number of nitrogens with zero attached hydrogens (tertiary/aromatic N) is 6. The normalized spacial score (nSPS) is 17.2. The van der Waals surface area contributed by atoms with Crippen LogP contribution in [0.3, 0.4) is 0 Å². The van der Waals surface area contributed by atoms with E-state index in [9.17, 15) is 0 Å². The van der Waals surface area contributed by atoms with E-state index in [4.69, 9.17) is 4.74 Å². The maximum Gasteiger partial charge on any atom is 0.191 e. The summed E-state index contributed by atoms with van der Waals surface area (Å²) in [5.41, 5.74) is 2.00. The van der Waals surface area contributed by atoms with E-state index in [1.165, 1.54) is 0 Å². The first-order valence-electron chi connectivity index (χ1n) is 8.36. The lowest BCUT2D eigenvalue weighted by Crippen LogP contribution is -2.16. The van der Waals surface area contributed by atoms with Gasteiger partial charge in [-0.15, -0.1) is 10.2 Å². The number of rotatable bonds is 6. The molecule has 1 atom stereocenters. The fraction of sp³-hybridized carbons (Fsp3) is 0.412.